The van der Waals surface area contributed by atoms with Crippen LogP contribution in [0.5, 0.6) is 5.75 Å². The second kappa shape index (κ2) is 9.36. The molecule has 3 aromatic rings. The van der Waals surface area contributed by atoms with E-state index in [0.29, 0.717) is 5.82 Å². The molecule has 0 bridgehead atoms. The number of aromatic nitrogens is 2. The zero-order chi connectivity index (χ0) is 19.8. The molecule has 1 heterocycles. The van der Waals surface area contributed by atoms with Gasteiger partial charge in [-0.25, -0.2) is 9.97 Å². The van der Waals surface area contributed by atoms with Crippen molar-refractivity contribution in [3.05, 3.63) is 66.5 Å². The Morgan fingerprint density at radius 3 is 2.50 bits per heavy atom. The lowest BCUT2D eigenvalue weighted by Gasteiger charge is -2.10. The SMILES string of the molecule is COc1ccc(CCNc2cc(Nc3cccc(NC(C)=O)c3)ncn2)cc1. The number of rotatable bonds is 8. The monoisotopic (exact) mass is 377 g/mol. The van der Waals surface area contributed by atoms with Gasteiger partial charge in [0.1, 0.15) is 23.7 Å². The Morgan fingerprint density at radius 1 is 1.00 bits per heavy atom. The zero-order valence-electron chi connectivity index (χ0n) is 15.9. The van der Waals surface area contributed by atoms with Gasteiger partial charge in [-0.2, -0.15) is 0 Å². The molecule has 0 radical (unpaired) electrons. The molecule has 0 saturated carbocycles. The summed E-state index contributed by atoms with van der Waals surface area (Å²) in [6.45, 7) is 2.23. The van der Waals surface area contributed by atoms with Gasteiger partial charge in [-0.05, 0) is 42.3 Å². The highest BCUT2D eigenvalue weighted by atomic mass is 16.5. The first kappa shape index (κ1) is 19.2. The lowest BCUT2D eigenvalue weighted by atomic mass is 10.1. The molecule has 0 spiro atoms. The summed E-state index contributed by atoms with van der Waals surface area (Å²) < 4.78 is 5.17. The Balaban J connectivity index is 1.57. The lowest BCUT2D eigenvalue weighted by molar-refractivity contribution is -0.114. The third-order valence-electron chi connectivity index (χ3n) is 4.00. The molecular weight excluding hydrogens is 354 g/mol. The minimum atomic E-state index is -0.109. The fraction of sp³-hybridized carbons (Fsp3) is 0.190. The van der Waals surface area contributed by atoms with E-state index in [1.165, 1.54) is 18.8 Å². The molecule has 7 heteroatoms. The van der Waals surface area contributed by atoms with Crippen LogP contribution in [0.15, 0.2) is 60.9 Å². The molecule has 3 rings (SSSR count). The van der Waals surface area contributed by atoms with Gasteiger partial charge in [0.05, 0.1) is 7.11 Å². The number of ether oxygens (including phenoxy) is 1. The second-order valence-electron chi connectivity index (χ2n) is 6.20. The molecule has 0 unspecified atom stereocenters. The molecule has 28 heavy (non-hydrogen) atoms. The van der Waals surface area contributed by atoms with Crippen LogP contribution in [0.1, 0.15) is 12.5 Å². The number of methoxy groups -OCH3 is 1. The summed E-state index contributed by atoms with van der Waals surface area (Å²) in [4.78, 5) is 19.7. The molecule has 144 valence electrons. The minimum Gasteiger partial charge on any atom is -0.497 e. The Hall–Kier alpha value is -3.61. The van der Waals surface area contributed by atoms with Gasteiger partial charge >= 0.3 is 0 Å². The Morgan fingerprint density at radius 2 is 1.75 bits per heavy atom. The van der Waals surface area contributed by atoms with E-state index in [2.05, 4.69) is 38.1 Å². The van der Waals surface area contributed by atoms with Gasteiger partial charge in [-0.3, -0.25) is 4.79 Å². The summed E-state index contributed by atoms with van der Waals surface area (Å²) in [6, 6.07) is 17.3. The molecule has 0 aliphatic heterocycles. The molecule has 7 nitrogen and oxygen atoms in total. The topological polar surface area (TPSA) is 88.2 Å². The van der Waals surface area contributed by atoms with Crippen LogP contribution < -0.4 is 20.7 Å². The molecule has 1 amide bonds. The molecule has 0 fully saturated rings. The number of nitrogens with zero attached hydrogens (tertiary/aromatic N) is 2. The standard InChI is InChI=1S/C21H23N5O2/c1-15(27)25-17-4-3-5-18(12-17)26-21-13-20(23-14-24-21)22-11-10-16-6-8-19(28-2)9-7-16/h3-9,12-14H,10-11H2,1-2H3,(H,25,27)(H2,22,23,24,26). The zero-order valence-corrected chi connectivity index (χ0v) is 15.9. The first-order chi connectivity index (χ1) is 13.6. The van der Waals surface area contributed by atoms with Crippen LogP contribution in [0.3, 0.4) is 0 Å². The number of hydrogen-bond acceptors (Lipinski definition) is 6. The predicted octanol–water partition coefficient (Wildman–Crippen LogP) is 3.84. The van der Waals surface area contributed by atoms with Crippen molar-refractivity contribution in [1.29, 1.82) is 0 Å². The number of benzene rings is 2. The maximum atomic E-state index is 11.2. The third kappa shape index (κ3) is 5.70. The van der Waals surface area contributed by atoms with Crippen molar-refractivity contribution in [3.8, 4) is 5.75 Å². The minimum absolute atomic E-state index is 0.109. The highest BCUT2D eigenvalue weighted by Gasteiger charge is 2.02. The Labute approximate surface area is 164 Å². The number of amides is 1. The first-order valence-corrected chi connectivity index (χ1v) is 8.96. The Bertz CT molecular complexity index is 928. The number of anilines is 4. The summed E-state index contributed by atoms with van der Waals surface area (Å²) in [6.07, 6.45) is 2.38. The predicted molar refractivity (Wildman–Crippen MR) is 111 cm³/mol. The van der Waals surface area contributed by atoms with Crippen molar-refractivity contribution in [2.24, 2.45) is 0 Å². The number of hydrogen-bond donors (Lipinski definition) is 3. The largest absolute Gasteiger partial charge is 0.497 e. The van der Waals surface area contributed by atoms with E-state index in [0.717, 1.165) is 35.9 Å². The van der Waals surface area contributed by atoms with Crippen molar-refractivity contribution in [2.75, 3.05) is 29.6 Å². The highest BCUT2D eigenvalue weighted by molar-refractivity contribution is 5.89. The van der Waals surface area contributed by atoms with Crippen molar-refractivity contribution < 1.29 is 9.53 Å². The average Bonchev–Trinajstić information content (AvgIpc) is 2.69. The summed E-state index contributed by atoms with van der Waals surface area (Å²) in [5.41, 5.74) is 2.77. The second-order valence-corrected chi connectivity index (χ2v) is 6.20. The molecule has 3 N–H and O–H groups in total. The van der Waals surface area contributed by atoms with E-state index >= 15 is 0 Å². The molecule has 0 saturated heterocycles. The van der Waals surface area contributed by atoms with Crippen LogP contribution in [0.25, 0.3) is 0 Å². The van der Waals surface area contributed by atoms with Crippen LogP contribution in [0.2, 0.25) is 0 Å². The highest BCUT2D eigenvalue weighted by Crippen LogP contribution is 2.20. The van der Waals surface area contributed by atoms with Crippen molar-refractivity contribution in [1.82, 2.24) is 9.97 Å². The van der Waals surface area contributed by atoms with Crippen LogP contribution in [-0.4, -0.2) is 29.5 Å². The van der Waals surface area contributed by atoms with E-state index in [4.69, 9.17) is 4.74 Å². The maximum absolute atomic E-state index is 11.2. The molecule has 0 aliphatic carbocycles. The van der Waals surface area contributed by atoms with E-state index in [1.807, 2.05) is 42.5 Å². The summed E-state index contributed by atoms with van der Waals surface area (Å²) in [7, 11) is 1.66. The number of carbonyl (C=O) groups is 1. The molecule has 0 aliphatic rings. The summed E-state index contributed by atoms with van der Waals surface area (Å²) >= 11 is 0. The van der Waals surface area contributed by atoms with Crippen LogP contribution in [0.4, 0.5) is 23.0 Å². The number of carbonyl (C=O) groups excluding carboxylic acids is 1. The van der Waals surface area contributed by atoms with Gasteiger partial charge < -0.3 is 20.7 Å². The summed E-state index contributed by atoms with van der Waals surface area (Å²) in [5, 5.41) is 9.29. The first-order valence-electron chi connectivity index (χ1n) is 8.96. The van der Waals surface area contributed by atoms with Crippen LogP contribution >= 0.6 is 0 Å². The van der Waals surface area contributed by atoms with Gasteiger partial charge in [-0.1, -0.05) is 18.2 Å². The molecule has 2 aromatic carbocycles. The van der Waals surface area contributed by atoms with Crippen molar-refractivity contribution in [3.63, 3.8) is 0 Å². The third-order valence-corrected chi connectivity index (χ3v) is 4.00. The fourth-order valence-electron chi connectivity index (χ4n) is 2.68. The van der Waals surface area contributed by atoms with Gasteiger partial charge in [-0.15, -0.1) is 0 Å². The van der Waals surface area contributed by atoms with Gasteiger partial charge in [0.2, 0.25) is 5.91 Å². The van der Waals surface area contributed by atoms with E-state index < -0.39 is 0 Å². The average molecular weight is 377 g/mol. The molecular formula is C21H23N5O2. The van der Waals surface area contributed by atoms with Crippen LogP contribution in [-0.2, 0) is 11.2 Å². The van der Waals surface area contributed by atoms with Crippen molar-refractivity contribution in [2.45, 2.75) is 13.3 Å². The van der Waals surface area contributed by atoms with E-state index in [-0.39, 0.29) is 5.91 Å². The van der Waals surface area contributed by atoms with Crippen LogP contribution in [0, 0.1) is 0 Å². The van der Waals surface area contributed by atoms with E-state index in [9.17, 15) is 4.79 Å². The smallest absolute Gasteiger partial charge is 0.221 e. The number of nitrogens with one attached hydrogen (secondary N) is 3. The normalized spacial score (nSPS) is 10.2. The fourth-order valence-corrected chi connectivity index (χ4v) is 2.68. The molecule has 0 atom stereocenters. The maximum Gasteiger partial charge on any atom is 0.221 e. The van der Waals surface area contributed by atoms with Gasteiger partial charge in [0.25, 0.3) is 0 Å². The van der Waals surface area contributed by atoms with Gasteiger partial charge in [0.15, 0.2) is 0 Å². The lowest BCUT2D eigenvalue weighted by Crippen LogP contribution is -2.07. The summed E-state index contributed by atoms with van der Waals surface area (Å²) in [5.74, 6) is 2.15. The van der Waals surface area contributed by atoms with Gasteiger partial charge in [0, 0.05) is 30.9 Å². The quantitative estimate of drug-likeness (QED) is 0.553. The molecule has 1 aromatic heterocycles. The van der Waals surface area contributed by atoms with E-state index in [1.54, 1.807) is 7.11 Å². The Kier molecular flexibility index (Phi) is 6.41. The van der Waals surface area contributed by atoms with Crippen molar-refractivity contribution >= 4 is 28.9 Å².